The molecule has 1 N–H and O–H groups in total. The zero-order valence-electron chi connectivity index (χ0n) is 26.6. The van der Waals surface area contributed by atoms with E-state index in [2.05, 4.69) is 53.8 Å². The molecule has 0 aliphatic heterocycles. The van der Waals surface area contributed by atoms with Crippen LogP contribution in [-0.4, -0.2) is 40.6 Å². The second-order valence-electron chi connectivity index (χ2n) is 11.1. The minimum atomic E-state index is -6.72. The van der Waals surface area contributed by atoms with Crippen LogP contribution < -0.4 is 9.88 Å². The van der Waals surface area contributed by atoms with Crippen LogP contribution in [0, 0.1) is 0 Å². The number of aromatic nitrogens is 1. The van der Waals surface area contributed by atoms with Crippen LogP contribution in [0.15, 0.2) is 55.2 Å². The van der Waals surface area contributed by atoms with E-state index in [4.69, 9.17) is 4.74 Å². The van der Waals surface area contributed by atoms with Gasteiger partial charge in [0, 0.05) is 25.0 Å². The third kappa shape index (κ3) is 14.2. The molecule has 9 nitrogen and oxygen atoms in total. The molecule has 2 rings (SSSR count). The number of amides is 1. The molecule has 0 spiro atoms. The van der Waals surface area contributed by atoms with Gasteiger partial charge in [-0.1, -0.05) is 49.8 Å². The van der Waals surface area contributed by atoms with E-state index in [1.807, 2.05) is 39.0 Å². The van der Waals surface area contributed by atoms with Crippen molar-refractivity contribution in [3.05, 3.63) is 76.2 Å². The van der Waals surface area contributed by atoms with Crippen LogP contribution in [0.25, 0.3) is 9.70 Å². The summed E-state index contributed by atoms with van der Waals surface area (Å²) in [6, 6.07) is 14.6. The molecule has 1 aromatic heterocycles. The molecule has 0 fully saturated rings. The van der Waals surface area contributed by atoms with Gasteiger partial charge in [-0.3, -0.25) is 0 Å². The lowest BCUT2D eigenvalue weighted by molar-refractivity contribution is -0.704. The number of halogens is 6. The van der Waals surface area contributed by atoms with Crippen molar-refractivity contribution in [2.24, 2.45) is 0 Å². The number of sulfonamides is 2. The zero-order valence-corrected chi connectivity index (χ0v) is 28.3. The molecule has 0 radical (unpaired) electrons. The summed E-state index contributed by atoms with van der Waals surface area (Å²) in [5.74, 6) is 0. The Balaban J connectivity index is 0.000000620. The number of unbranched alkanes of at least 4 members (excludes halogenated alkanes) is 4. The van der Waals surface area contributed by atoms with Gasteiger partial charge in [-0.2, -0.15) is 26.3 Å². The fraction of sp³-hybridized carbons (Fsp3) is 0.533. The van der Waals surface area contributed by atoms with Crippen LogP contribution >= 0.6 is 0 Å². The van der Waals surface area contributed by atoms with Crippen molar-refractivity contribution < 1.29 is 57.3 Å². The predicted molar refractivity (Wildman–Crippen MR) is 166 cm³/mol. The maximum absolute atomic E-state index is 12.3. The first-order valence-corrected chi connectivity index (χ1v) is 17.5. The first kappa shape index (κ1) is 41.8. The molecule has 1 heterocycles. The van der Waals surface area contributed by atoms with Gasteiger partial charge in [-0.15, -0.1) is 0 Å². The number of benzene rings is 1. The summed E-state index contributed by atoms with van der Waals surface area (Å²) in [5, 5.41) is 2.99. The second-order valence-corrected chi connectivity index (χ2v) is 14.5. The van der Waals surface area contributed by atoms with Gasteiger partial charge in [0.2, 0.25) is 0 Å². The smallest absolute Gasteiger partial charge is 0.450 e. The van der Waals surface area contributed by atoms with Crippen LogP contribution in [-0.2, 0) is 43.3 Å². The monoisotopic (exact) mass is 717 g/mol. The molecule has 266 valence electrons. The van der Waals surface area contributed by atoms with Gasteiger partial charge in [-0.05, 0) is 63.6 Å². The van der Waals surface area contributed by atoms with Crippen LogP contribution in [0.4, 0.5) is 31.1 Å². The topological polar surface area (TPSA) is 125 Å². The molecular weight excluding hydrogens is 676 g/mol. The molecule has 0 bridgehead atoms. The van der Waals surface area contributed by atoms with Crippen molar-refractivity contribution in [3.63, 3.8) is 0 Å². The van der Waals surface area contributed by atoms with Crippen LogP contribution in [0.2, 0.25) is 0 Å². The molecule has 0 aliphatic rings. The number of nitrogens with one attached hydrogen (secondary N) is 1. The molecule has 47 heavy (non-hydrogen) atoms. The zero-order chi connectivity index (χ0) is 36.1. The molecule has 1 amide bonds. The fourth-order valence-electron chi connectivity index (χ4n) is 3.97. The van der Waals surface area contributed by atoms with Crippen molar-refractivity contribution in [1.29, 1.82) is 0 Å². The molecule has 1 aromatic carbocycles. The average molecular weight is 718 g/mol. The molecule has 0 unspecified atom stereocenters. The molecule has 0 saturated carbocycles. The van der Waals surface area contributed by atoms with E-state index in [0.29, 0.717) is 6.61 Å². The van der Waals surface area contributed by atoms with E-state index in [1.165, 1.54) is 18.5 Å². The number of alkyl carbamates (subject to hydrolysis) is 1. The summed E-state index contributed by atoms with van der Waals surface area (Å²) in [4.78, 5) is 12.3. The lowest BCUT2D eigenvalue weighted by Gasteiger charge is -2.27. The number of ether oxygens (including phenoxy) is 1. The van der Waals surface area contributed by atoms with Gasteiger partial charge < -0.3 is 14.2 Å². The number of allylic oxidation sites excluding steroid dienone is 1. The van der Waals surface area contributed by atoms with E-state index >= 15 is 0 Å². The Bertz CT molecular complexity index is 1500. The van der Waals surface area contributed by atoms with E-state index in [9.17, 15) is 48.0 Å². The van der Waals surface area contributed by atoms with E-state index in [1.54, 1.807) is 0 Å². The SMILES string of the molecule is C=C(C)c1cccc(C(C)(C)NC(=O)OCCCCCC[n+]2ccccc2CCCC)c1.O=S(=O)([N-]S(=O)(=O)C(F)(F)F)C(F)(F)F. The van der Waals surface area contributed by atoms with Crippen molar-refractivity contribution in [3.8, 4) is 0 Å². The largest absolute Gasteiger partial charge is 0.480 e. The Morgan fingerprint density at radius 3 is 2.04 bits per heavy atom. The normalized spacial score (nSPS) is 12.6. The molecule has 0 aliphatic carbocycles. The molecule has 0 atom stereocenters. The van der Waals surface area contributed by atoms with E-state index < -0.39 is 36.6 Å². The minimum absolute atomic E-state index is 0.365. The highest BCUT2D eigenvalue weighted by Crippen LogP contribution is 2.36. The molecular formula is C30H41F6N3O6S2. The highest BCUT2D eigenvalue weighted by molar-refractivity contribution is 8.13. The molecule has 0 saturated heterocycles. The number of pyridine rings is 1. The summed E-state index contributed by atoms with van der Waals surface area (Å²) in [6.07, 6.45) is 9.67. The number of rotatable bonds is 15. The number of carbonyl (C=O) groups excluding carboxylic acids is 1. The first-order chi connectivity index (χ1) is 21.5. The third-order valence-electron chi connectivity index (χ3n) is 6.62. The highest BCUT2D eigenvalue weighted by atomic mass is 32.3. The van der Waals surface area contributed by atoms with Crippen molar-refractivity contribution in [1.82, 2.24) is 5.32 Å². The summed E-state index contributed by atoms with van der Waals surface area (Å²) in [5.41, 5.74) is -8.37. The van der Waals surface area contributed by atoms with Crippen LogP contribution in [0.1, 0.15) is 83.0 Å². The van der Waals surface area contributed by atoms with Gasteiger partial charge in [0.1, 0.15) is 6.54 Å². The summed E-state index contributed by atoms with van der Waals surface area (Å²) >= 11 is 0. The Morgan fingerprint density at radius 2 is 1.49 bits per heavy atom. The lowest BCUT2D eigenvalue weighted by Crippen LogP contribution is -2.41. The Morgan fingerprint density at radius 1 is 0.894 bits per heavy atom. The molecule has 2 aromatic rings. The lowest BCUT2D eigenvalue weighted by atomic mass is 9.92. The first-order valence-electron chi connectivity index (χ1n) is 14.6. The third-order valence-corrected chi connectivity index (χ3v) is 9.36. The maximum Gasteiger partial charge on any atom is 0.480 e. The Hall–Kier alpha value is -3.18. The summed E-state index contributed by atoms with van der Waals surface area (Å²) < 4.78 is 117. The minimum Gasteiger partial charge on any atom is -0.450 e. The number of nitrogens with zero attached hydrogens (tertiary/aromatic N) is 2. The average Bonchev–Trinajstić information content (AvgIpc) is 2.94. The fourth-order valence-corrected chi connectivity index (χ4v) is 5.68. The van der Waals surface area contributed by atoms with Crippen LogP contribution in [0.5, 0.6) is 0 Å². The second kappa shape index (κ2) is 17.8. The number of carbonyl (C=O) groups is 1. The number of aryl methyl sites for hydroxylation is 2. The van der Waals surface area contributed by atoms with Crippen molar-refractivity contribution >= 4 is 31.7 Å². The Labute approximate surface area is 272 Å². The predicted octanol–water partition coefficient (Wildman–Crippen LogP) is 7.63. The molecule has 17 heteroatoms. The summed E-state index contributed by atoms with van der Waals surface area (Å²) in [6.45, 7) is 13.7. The standard InChI is InChI=1S/C28H40N2O2.C2F6NO4S2/c1-6-7-17-26-18-10-12-20-30(26)19-11-8-9-13-21-32-27(31)29-28(4,5)25-16-14-15-24(22-25)23(2)3;3-1(4,5)14(10,11)9-15(12,13)2(6,7)8/h10,12,14-16,18,20,22H,2,6-9,11,13,17,19,21H2,1,3-5H3;/q;-1/p+1. The van der Waals surface area contributed by atoms with Crippen molar-refractivity contribution in [2.45, 2.75) is 95.7 Å². The van der Waals surface area contributed by atoms with E-state index in [-0.39, 0.29) is 6.09 Å². The van der Waals surface area contributed by atoms with Crippen molar-refractivity contribution in [2.75, 3.05) is 6.61 Å². The highest BCUT2D eigenvalue weighted by Gasteiger charge is 2.47. The number of alkyl halides is 6. The number of hydrogen-bond acceptors (Lipinski definition) is 6. The maximum atomic E-state index is 12.3. The summed E-state index contributed by atoms with van der Waals surface area (Å²) in [7, 11) is -13.4. The van der Waals surface area contributed by atoms with Gasteiger partial charge in [-0.25, -0.2) is 26.2 Å². The Kier molecular flexibility index (Phi) is 15.9. The number of hydrogen-bond donors (Lipinski definition) is 1. The quantitative estimate of drug-likeness (QED) is 0.115. The van der Waals surface area contributed by atoms with Gasteiger partial charge in [0.05, 0.1) is 12.1 Å². The van der Waals surface area contributed by atoms with Gasteiger partial charge >= 0.3 is 17.1 Å². The van der Waals surface area contributed by atoms with Gasteiger partial charge in [0.15, 0.2) is 31.9 Å². The van der Waals surface area contributed by atoms with E-state index in [0.717, 1.165) is 59.5 Å². The van der Waals surface area contributed by atoms with Gasteiger partial charge in [0.25, 0.3) is 0 Å². The van der Waals surface area contributed by atoms with Crippen LogP contribution in [0.3, 0.4) is 0 Å².